The molecule has 0 aromatic carbocycles. The number of hydrogen-bond acceptors (Lipinski definition) is 3. The van der Waals surface area contributed by atoms with Crippen molar-refractivity contribution in [3.63, 3.8) is 0 Å². The molecule has 21 heavy (non-hydrogen) atoms. The highest BCUT2D eigenvalue weighted by atomic mass is 16.3. The van der Waals surface area contributed by atoms with Crippen molar-refractivity contribution in [2.45, 2.75) is 71.6 Å². The van der Waals surface area contributed by atoms with Gasteiger partial charge in [0.15, 0.2) is 0 Å². The van der Waals surface area contributed by atoms with E-state index in [0.29, 0.717) is 6.04 Å². The van der Waals surface area contributed by atoms with Crippen LogP contribution in [0.3, 0.4) is 0 Å². The summed E-state index contributed by atoms with van der Waals surface area (Å²) >= 11 is 0. The van der Waals surface area contributed by atoms with E-state index in [1.165, 1.54) is 19.3 Å². The van der Waals surface area contributed by atoms with Gasteiger partial charge in [-0.3, -0.25) is 9.69 Å². The molecule has 4 nitrogen and oxygen atoms in total. The molecule has 0 bridgehead atoms. The van der Waals surface area contributed by atoms with E-state index < -0.39 is 0 Å². The third-order valence-corrected chi connectivity index (χ3v) is 5.47. The molecular weight excluding hydrogens is 264 g/mol. The minimum Gasteiger partial charge on any atom is -0.393 e. The minimum atomic E-state index is -0.306. The van der Waals surface area contributed by atoms with Crippen LogP contribution in [0.15, 0.2) is 0 Å². The Morgan fingerprint density at radius 3 is 2.29 bits per heavy atom. The Morgan fingerprint density at radius 2 is 1.81 bits per heavy atom. The predicted octanol–water partition coefficient (Wildman–Crippen LogP) is 2.02. The molecule has 1 aliphatic heterocycles. The van der Waals surface area contributed by atoms with E-state index in [4.69, 9.17) is 0 Å². The van der Waals surface area contributed by atoms with E-state index in [-0.39, 0.29) is 29.9 Å². The summed E-state index contributed by atoms with van der Waals surface area (Å²) < 4.78 is 0. The van der Waals surface area contributed by atoms with E-state index in [2.05, 4.69) is 17.1 Å². The molecule has 4 unspecified atom stereocenters. The van der Waals surface area contributed by atoms with Crippen molar-refractivity contribution in [1.29, 1.82) is 0 Å². The molecule has 1 saturated carbocycles. The van der Waals surface area contributed by atoms with Crippen LogP contribution in [-0.4, -0.2) is 47.2 Å². The van der Waals surface area contributed by atoms with Crippen LogP contribution in [0.4, 0.5) is 0 Å². The van der Waals surface area contributed by atoms with Crippen LogP contribution in [-0.2, 0) is 4.79 Å². The molecule has 1 aliphatic carbocycles. The number of piperidine rings is 1. The SMILES string of the molecule is CC(C)C(=O)NC1CC(C(C)O)CN(C(C)C2CCC2)C1. The lowest BCUT2D eigenvalue weighted by atomic mass is 9.78. The number of nitrogens with zero attached hydrogens (tertiary/aromatic N) is 1. The first-order valence-electron chi connectivity index (χ1n) is 8.61. The number of aliphatic hydroxyl groups is 1. The molecule has 1 saturated heterocycles. The second-order valence-corrected chi connectivity index (χ2v) is 7.48. The Labute approximate surface area is 129 Å². The largest absolute Gasteiger partial charge is 0.393 e. The summed E-state index contributed by atoms with van der Waals surface area (Å²) in [6.45, 7) is 9.94. The summed E-state index contributed by atoms with van der Waals surface area (Å²) in [5, 5.41) is 13.2. The molecule has 0 aromatic rings. The van der Waals surface area contributed by atoms with E-state index in [1.54, 1.807) is 0 Å². The van der Waals surface area contributed by atoms with Crippen LogP contribution >= 0.6 is 0 Å². The summed E-state index contributed by atoms with van der Waals surface area (Å²) in [7, 11) is 0. The van der Waals surface area contributed by atoms with Crippen LogP contribution in [0.25, 0.3) is 0 Å². The van der Waals surface area contributed by atoms with Gasteiger partial charge < -0.3 is 10.4 Å². The molecule has 122 valence electrons. The second-order valence-electron chi connectivity index (χ2n) is 7.48. The lowest BCUT2D eigenvalue weighted by Crippen LogP contribution is -2.57. The summed E-state index contributed by atoms with van der Waals surface area (Å²) in [6.07, 6.45) is 4.61. The second kappa shape index (κ2) is 7.10. The first-order valence-corrected chi connectivity index (χ1v) is 8.61. The Balaban J connectivity index is 1.98. The smallest absolute Gasteiger partial charge is 0.222 e. The van der Waals surface area contributed by atoms with Crippen molar-refractivity contribution in [3.8, 4) is 0 Å². The normalized spacial score (nSPS) is 30.8. The number of carbonyl (C=O) groups is 1. The van der Waals surface area contributed by atoms with Gasteiger partial charge >= 0.3 is 0 Å². The van der Waals surface area contributed by atoms with Crippen LogP contribution in [0.1, 0.15) is 53.4 Å². The topological polar surface area (TPSA) is 52.6 Å². The molecule has 2 N–H and O–H groups in total. The van der Waals surface area contributed by atoms with E-state index in [9.17, 15) is 9.90 Å². The van der Waals surface area contributed by atoms with Gasteiger partial charge in [-0.25, -0.2) is 0 Å². The van der Waals surface area contributed by atoms with E-state index >= 15 is 0 Å². The fourth-order valence-electron chi connectivity index (χ4n) is 3.55. The molecule has 2 rings (SSSR count). The first-order chi connectivity index (χ1) is 9.88. The summed E-state index contributed by atoms with van der Waals surface area (Å²) in [5.41, 5.74) is 0. The third kappa shape index (κ3) is 4.19. The van der Waals surface area contributed by atoms with Gasteiger partial charge in [0.1, 0.15) is 0 Å². The quantitative estimate of drug-likeness (QED) is 0.816. The fourth-order valence-corrected chi connectivity index (χ4v) is 3.55. The summed E-state index contributed by atoms with van der Waals surface area (Å²) in [6, 6.07) is 0.745. The van der Waals surface area contributed by atoms with Crippen molar-refractivity contribution in [1.82, 2.24) is 10.2 Å². The minimum absolute atomic E-state index is 0.0226. The molecule has 2 aliphatic rings. The zero-order valence-corrected chi connectivity index (χ0v) is 14.0. The van der Waals surface area contributed by atoms with Crippen LogP contribution in [0.5, 0.6) is 0 Å². The Bertz CT molecular complexity index is 353. The van der Waals surface area contributed by atoms with Gasteiger partial charge in [-0.1, -0.05) is 20.3 Å². The molecule has 0 aromatic heterocycles. The average molecular weight is 296 g/mol. The zero-order valence-electron chi connectivity index (χ0n) is 14.0. The monoisotopic (exact) mass is 296 g/mol. The number of likely N-dealkylation sites (tertiary alicyclic amines) is 1. The third-order valence-electron chi connectivity index (χ3n) is 5.47. The van der Waals surface area contributed by atoms with Crippen molar-refractivity contribution in [2.24, 2.45) is 17.8 Å². The van der Waals surface area contributed by atoms with Gasteiger partial charge in [-0.15, -0.1) is 0 Å². The molecule has 4 atom stereocenters. The Hall–Kier alpha value is -0.610. The number of nitrogens with one attached hydrogen (secondary N) is 1. The molecule has 1 heterocycles. The number of rotatable bonds is 5. The van der Waals surface area contributed by atoms with E-state index in [0.717, 1.165) is 25.4 Å². The van der Waals surface area contributed by atoms with Gasteiger partial charge in [0.2, 0.25) is 5.91 Å². The number of carbonyl (C=O) groups excluding carboxylic acids is 1. The average Bonchev–Trinajstić information content (AvgIpc) is 2.35. The summed E-state index contributed by atoms with van der Waals surface area (Å²) in [5.74, 6) is 1.22. The molecule has 2 fully saturated rings. The standard InChI is InChI=1S/C17H32N2O2/c1-11(2)17(21)18-16-8-15(13(4)20)9-19(10-16)12(3)14-6-5-7-14/h11-16,20H,5-10H2,1-4H3,(H,18,21). The lowest BCUT2D eigenvalue weighted by molar-refractivity contribution is -0.125. The predicted molar refractivity (Wildman–Crippen MR) is 84.9 cm³/mol. The lowest BCUT2D eigenvalue weighted by Gasteiger charge is -2.46. The van der Waals surface area contributed by atoms with Crippen molar-refractivity contribution in [3.05, 3.63) is 0 Å². The molecular formula is C17H32N2O2. The van der Waals surface area contributed by atoms with Crippen molar-refractivity contribution in [2.75, 3.05) is 13.1 Å². The van der Waals surface area contributed by atoms with Crippen LogP contribution in [0.2, 0.25) is 0 Å². The van der Waals surface area contributed by atoms with E-state index in [1.807, 2.05) is 20.8 Å². The fraction of sp³-hybridized carbons (Fsp3) is 0.941. The van der Waals surface area contributed by atoms with Crippen LogP contribution < -0.4 is 5.32 Å². The van der Waals surface area contributed by atoms with Crippen molar-refractivity contribution < 1.29 is 9.90 Å². The highest BCUT2D eigenvalue weighted by molar-refractivity contribution is 5.78. The molecule has 0 spiro atoms. The Kier molecular flexibility index (Phi) is 5.67. The maximum absolute atomic E-state index is 12.0. The first kappa shape index (κ1) is 16.8. The highest BCUT2D eigenvalue weighted by Crippen LogP contribution is 2.34. The maximum atomic E-state index is 12.0. The number of hydrogen-bond donors (Lipinski definition) is 2. The van der Waals surface area contributed by atoms with Gasteiger partial charge in [-0.2, -0.15) is 0 Å². The summed E-state index contributed by atoms with van der Waals surface area (Å²) in [4.78, 5) is 14.5. The number of amides is 1. The Morgan fingerprint density at radius 1 is 1.14 bits per heavy atom. The van der Waals surface area contributed by atoms with Crippen LogP contribution in [0, 0.1) is 17.8 Å². The molecule has 1 amide bonds. The van der Waals surface area contributed by atoms with Gasteiger partial charge in [0, 0.05) is 31.1 Å². The van der Waals surface area contributed by atoms with Gasteiger partial charge in [0.25, 0.3) is 0 Å². The molecule has 4 heteroatoms. The zero-order chi connectivity index (χ0) is 15.6. The molecule has 0 radical (unpaired) electrons. The number of aliphatic hydroxyl groups excluding tert-OH is 1. The van der Waals surface area contributed by atoms with Crippen molar-refractivity contribution >= 4 is 5.91 Å². The van der Waals surface area contributed by atoms with Gasteiger partial charge in [-0.05, 0) is 44.9 Å². The maximum Gasteiger partial charge on any atom is 0.222 e. The van der Waals surface area contributed by atoms with Gasteiger partial charge in [0.05, 0.1) is 6.10 Å². The highest BCUT2D eigenvalue weighted by Gasteiger charge is 2.36.